The Bertz CT molecular complexity index is 3320. The van der Waals surface area contributed by atoms with E-state index in [0.29, 0.717) is 57.8 Å². The van der Waals surface area contributed by atoms with Crippen molar-refractivity contribution in [3.8, 4) is 0 Å². The first kappa shape index (κ1) is 92.1. The minimum Gasteiger partial charge on any atom is -0.378 e. The molecule has 4 saturated heterocycles. The van der Waals surface area contributed by atoms with Crippen molar-refractivity contribution in [1.82, 2.24) is 60.0 Å². The molecule has 0 aromatic carbocycles. The van der Waals surface area contributed by atoms with Crippen LogP contribution in [0.5, 0.6) is 0 Å². The van der Waals surface area contributed by atoms with Gasteiger partial charge in [-0.3, -0.25) is 57.5 Å². The molecule has 4 aliphatic heterocycles. The van der Waals surface area contributed by atoms with Gasteiger partial charge in [0.05, 0.1) is 44.7 Å². The fraction of sp³-hybridized carbons (Fsp3) is 0.844. The van der Waals surface area contributed by atoms with Crippen LogP contribution in [0.2, 0.25) is 0 Å². The molecular formula is C77H118Cl2F8N12O14. The summed E-state index contributed by atoms with van der Waals surface area (Å²) in [5.74, 6) is -17.0. The topological polar surface area (TPSA) is 289 Å². The molecule has 8 aliphatic rings. The molecule has 8 rings (SSSR count). The summed E-state index contributed by atoms with van der Waals surface area (Å²) in [7, 11) is 6.62. The van der Waals surface area contributed by atoms with Crippen LogP contribution >= 0.6 is 23.2 Å². The number of hydrogen-bond donors (Lipinski definition) is 3. The van der Waals surface area contributed by atoms with Gasteiger partial charge in [0, 0.05) is 81.0 Å². The van der Waals surface area contributed by atoms with E-state index in [9.17, 15) is 40.7 Å². The number of alkyl halides is 10. The average Bonchev–Trinajstić information content (AvgIpc) is 1.75. The largest absolute Gasteiger partial charge is 0.397 e. The summed E-state index contributed by atoms with van der Waals surface area (Å²) < 4.78 is 127. The number of nitrogens with zero attached hydrogens (tertiary/aromatic N) is 9. The van der Waals surface area contributed by atoms with Gasteiger partial charge in [0.25, 0.3) is 0 Å². The van der Waals surface area contributed by atoms with Crippen LogP contribution in [0.1, 0.15) is 188 Å². The lowest BCUT2D eigenvalue weighted by molar-refractivity contribution is -0.219. The number of halogens is 10. The van der Waals surface area contributed by atoms with Crippen molar-refractivity contribution in [1.29, 1.82) is 0 Å². The lowest BCUT2D eigenvalue weighted by atomic mass is 9.74. The zero-order valence-corrected chi connectivity index (χ0v) is 68.2. The van der Waals surface area contributed by atoms with Crippen LogP contribution in [-0.4, -0.2) is 305 Å². The molecule has 12 amide bonds. The summed E-state index contributed by atoms with van der Waals surface area (Å²) in [6.45, 7) is 5.09. The van der Waals surface area contributed by atoms with E-state index in [1.54, 1.807) is 27.7 Å². The Morgan fingerprint density at radius 3 is 1.82 bits per heavy atom. The van der Waals surface area contributed by atoms with Crippen LogP contribution in [0.15, 0.2) is 0 Å². The van der Waals surface area contributed by atoms with Crippen LogP contribution in [0, 0.1) is 35.5 Å². The van der Waals surface area contributed by atoms with Gasteiger partial charge in [-0.15, -0.1) is 23.2 Å². The zero-order valence-electron chi connectivity index (χ0n) is 66.7. The Balaban J connectivity index is 1.22. The summed E-state index contributed by atoms with van der Waals surface area (Å²) >= 11 is 12.6. The standard InChI is InChI=1S/C77H118Cl2F8N12O14/c1-10-45(4)64-72(109)92(6)44-62(102)94(8)55-21-14-13-17-32-98(71(55)108)57(39-46-22-25-49(26-23-46)76(82,83)84)69(106)91(5)43-60(100)88-53(27-24-47-37-51(80)63(52(81)38-47)77(85,86)87)68(105)99-42-50(113-12-3)40-56(99)67(104)90-75(30-18-31-75)74(111)95(9)65(48-19-15-16-20-48)73(110)97(11-2)58(70(107)96-33-35-112-36-34-96)41-61(101)93(7)54(66(103)89-64)28-29-59(78)79/h45-59,63-65H,10-44H2,1-9H3,(H,88,100)(H,89,103)(H,90,104)/t45-,46?,47?,49?,50+,51?,52?,53-,54-,55-,56-,57-,58-,63?,64-,65-/m0/s1. The van der Waals surface area contributed by atoms with Gasteiger partial charge in [-0.05, 0) is 153 Å². The predicted molar refractivity (Wildman–Crippen MR) is 400 cm³/mol. The predicted octanol–water partition coefficient (Wildman–Crippen LogP) is 7.27. The number of likely N-dealkylation sites (N-methyl/N-ethyl adjacent to an activating group) is 6. The van der Waals surface area contributed by atoms with Crippen LogP contribution in [0.4, 0.5) is 35.1 Å². The van der Waals surface area contributed by atoms with Crippen LogP contribution in [0.3, 0.4) is 0 Å². The number of amides is 12. The van der Waals surface area contributed by atoms with Gasteiger partial charge < -0.3 is 69.5 Å². The molecule has 113 heavy (non-hydrogen) atoms. The highest BCUT2D eigenvalue weighted by atomic mass is 35.5. The molecule has 0 aromatic heterocycles. The van der Waals surface area contributed by atoms with Gasteiger partial charge in [-0.2, -0.15) is 26.3 Å². The SMILES string of the molecule is CCO[C@@H]1C[C@H]2C(=O)NC3(CCC3)C(=O)N(C)[C@@H](C3CCCC3)C(=O)N(CC)[C@H](C(=O)N3CCOCC3)CC(=O)N(C)[C@@H](CCC(Cl)Cl)C(=O)N[C@@H]([C@@H](C)CC)C(=O)N(C)CC(=O)N(C)[C@H]3CCCCCN(C3=O)[C@@H](CC3CCC(C(F)(F)F)CC3)C(=O)N(C)CC(=O)N[C@@H](CCC3CC(F)C(C(F)(F)F)C(F)C3)C(=O)N2C1. The quantitative estimate of drug-likeness (QED) is 0.107. The number of ether oxygens (including phenoxy) is 2. The van der Waals surface area contributed by atoms with Crippen molar-refractivity contribution in [2.45, 2.75) is 278 Å². The van der Waals surface area contributed by atoms with E-state index < -0.39 is 235 Å². The molecule has 0 aromatic rings. The van der Waals surface area contributed by atoms with Gasteiger partial charge in [-0.1, -0.05) is 46.0 Å². The van der Waals surface area contributed by atoms with Crippen molar-refractivity contribution in [3.63, 3.8) is 0 Å². The van der Waals surface area contributed by atoms with Crippen molar-refractivity contribution in [2.24, 2.45) is 35.5 Å². The smallest absolute Gasteiger partial charge is 0.378 e. The first-order valence-electron chi connectivity index (χ1n) is 40.6. The molecule has 3 N–H and O–H groups in total. The maximum Gasteiger partial charge on any atom is 0.397 e. The molecule has 0 radical (unpaired) electrons. The number of fused-ring (bicyclic) bond motifs is 3. The molecule has 8 fully saturated rings. The van der Waals surface area contributed by atoms with Crippen molar-refractivity contribution >= 4 is 94.1 Å². The number of carbonyl (C=O) groups excluding carboxylic acids is 12. The monoisotopic (exact) mass is 1660 g/mol. The second kappa shape index (κ2) is 40.6. The molecule has 2 unspecified atom stereocenters. The number of nitrogens with one attached hydrogen (secondary N) is 3. The van der Waals surface area contributed by atoms with Crippen LogP contribution < -0.4 is 16.0 Å². The molecule has 12 atom stereocenters. The number of rotatable bonds is 15. The van der Waals surface area contributed by atoms with Gasteiger partial charge >= 0.3 is 12.4 Å². The second-order valence-corrected chi connectivity index (χ2v) is 34.0. The Kier molecular flexibility index (Phi) is 33.1. The number of morpholine rings is 1. The second-order valence-electron chi connectivity index (χ2n) is 32.7. The minimum absolute atomic E-state index is 0.00265. The first-order valence-corrected chi connectivity index (χ1v) is 41.4. The molecule has 4 saturated carbocycles. The highest BCUT2D eigenvalue weighted by Crippen LogP contribution is 2.46. The average molecular weight is 1660 g/mol. The van der Waals surface area contributed by atoms with E-state index in [1.807, 2.05) is 0 Å². The molecule has 4 heterocycles. The van der Waals surface area contributed by atoms with Crippen LogP contribution in [-0.2, 0) is 67.0 Å². The Labute approximate surface area is 667 Å². The summed E-state index contributed by atoms with van der Waals surface area (Å²) in [6.07, 6.45) is -15.9. The van der Waals surface area contributed by atoms with E-state index in [4.69, 9.17) is 32.7 Å². The molecular weight excluding hydrogens is 1540 g/mol. The van der Waals surface area contributed by atoms with Gasteiger partial charge in [-0.25, -0.2) is 8.78 Å². The molecule has 4 aliphatic carbocycles. The molecule has 640 valence electrons. The highest BCUT2D eigenvalue weighted by Gasteiger charge is 2.57. The normalized spacial score (nSPS) is 31.8. The van der Waals surface area contributed by atoms with E-state index in [0.717, 1.165) is 24.5 Å². The summed E-state index contributed by atoms with van der Waals surface area (Å²) in [6, 6.07) is -11.6. The molecule has 26 nitrogen and oxygen atoms in total. The lowest BCUT2D eigenvalue weighted by Crippen LogP contribution is -2.68. The highest BCUT2D eigenvalue weighted by molar-refractivity contribution is 6.44. The van der Waals surface area contributed by atoms with Crippen molar-refractivity contribution < 1.29 is 102 Å². The van der Waals surface area contributed by atoms with Gasteiger partial charge in [0.2, 0.25) is 70.9 Å². The summed E-state index contributed by atoms with van der Waals surface area (Å²) in [4.78, 5) is 193. The molecule has 1 spiro atoms. The Morgan fingerprint density at radius 1 is 0.619 bits per heavy atom. The third-order valence-corrected chi connectivity index (χ3v) is 25.7. The van der Waals surface area contributed by atoms with Crippen LogP contribution in [0.25, 0.3) is 0 Å². The minimum atomic E-state index is -5.22. The zero-order chi connectivity index (χ0) is 83.3. The first-order chi connectivity index (χ1) is 53.3. The number of hydrogen-bond acceptors (Lipinski definition) is 14. The maximum absolute atomic E-state index is 16.0. The Hall–Kier alpha value is -6.42. The van der Waals surface area contributed by atoms with E-state index in [-0.39, 0.29) is 130 Å². The summed E-state index contributed by atoms with van der Waals surface area (Å²) in [5.41, 5.74) is -1.72. The van der Waals surface area contributed by atoms with E-state index >= 15 is 51.9 Å². The van der Waals surface area contributed by atoms with Gasteiger partial charge in [0.1, 0.15) is 77.0 Å². The number of carbonyl (C=O) groups is 12. The van der Waals surface area contributed by atoms with E-state index in [2.05, 4.69) is 16.0 Å². The van der Waals surface area contributed by atoms with Crippen molar-refractivity contribution in [2.75, 3.05) is 101 Å². The summed E-state index contributed by atoms with van der Waals surface area (Å²) in [5, 5.41) is 8.41. The molecule has 36 heteroatoms. The fourth-order valence-electron chi connectivity index (χ4n) is 18.2. The lowest BCUT2D eigenvalue weighted by Gasteiger charge is -2.47. The Morgan fingerprint density at radius 2 is 1.25 bits per heavy atom. The van der Waals surface area contributed by atoms with Gasteiger partial charge in [0.15, 0.2) is 0 Å². The molecule has 2 bridgehead atoms. The third kappa shape index (κ3) is 22.9. The maximum atomic E-state index is 16.0. The van der Waals surface area contributed by atoms with E-state index in [1.165, 1.54) is 54.8 Å². The third-order valence-electron chi connectivity index (χ3n) is 25.3. The fourth-order valence-corrected chi connectivity index (χ4v) is 18.4. The van der Waals surface area contributed by atoms with Crippen molar-refractivity contribution in [3.05, 3.63) is 0 Å².